The lowest BCUT2D eigenvalue weighted by Crippen LogP contribution is -2.29. The van der Waals surface area contributed by atoms with Crippen molar-refractivity contribution in [1.29, 1.82) is 0 Å². The highest BCUT2D eigenvalue weighted by molar-refractivity contribution is 6.33. The minimum absolute atomic E-state index is 0.145. The second-order valence-corrected chi connectivity index (χ2v) is 4.65. The molecule has 0 amide bonds. The Hall–Kier alpha value is -0.770. The first-order valence-electron chi connectivity index (χ1n) is 6.58. The quantitative estimate of drug-likeness (QED) is 0.762. The standard InChI is InChI=1S/C14H23ClN2O/c1-3-8-17(9-10-18)14-12(11-16-4-2)6-5-7-13(14)15/h5-7,16,18H,3-4,8-11H2,1-2H3. The van der Waals surface area contributed by atoms with Gasteiger partial charge in [0.15, 0.2) is 0 Å². The Balaban J connectivity index is 3.00. The van der Waals surface area contributed by atoms with Crippen LogP contribution in [0.25, 0.3) is 0 Å². The van der Waals surface area contributed by atoms with Gasteiger partial charge in [-0.3, -0.25) is 0 Å². The van der Waals surface area contributed by atoms with E-state index in [9.17, 15) is 5.11 Å². The van der Waals surface area contributed by atoms with Crippen molar-refractivity contribution < 1.29 is 5.11 Å². The van der Waals surface area contributed by atoms with Gasteiger partial charge in [0, 0.05) is 19.6 Å². The first-order chi connectivity index (χ1) is 8.74. The summed E-state index contributed by atoms with van der Waals surface area (Å²) in [6.07, 6.45) is 1.03. The van der Waals surface area contributed by atoms with E-state index in [1.165, 1.54) is 5.56 Å². The molecule has 0 unspecified atom stereocenters. The summed E-state index contributed by atoms with van der Waals surface area (Å²) >= 11 is 6.32. The first kappa shape index (κ1) is 15.3. The zero-order chi connectivity index (χ0) is 13.4. The third-order valence-corrected chi connectivity index (χ3v) is 3.12. The second-order valence-electron chi connectivity index (χ2n) is 4.24. The van der Waals surface area contributed by atoms with E-state index >= 15 is 0 Å². The van der Waals surface area contributed by atoms with Gasteiger partial charge in [-0.1, -0.05) is 37.6 Å². The van der Waals surface area contributed by atoms with E-state index in [1.807, 2.05) is 12.1 Å². The molecule has 0 spiro atoms. The third-order valence-electron chi connectivity index (χ3n) is 2.82. The van der Waals surface area contributed by atoms with Crippen LogP contribution in [-0.2, 0) is 6.54 Å². The summed E-state index contributed by atoms with van der Waals surface area (Å²) in [6.45, 7) is 7.62. The van der Waals surface area contributed by atoms with Gasteiger partial charge in [0.05, 0.1) is 17.3 Å². The van der Waals surface area contributed by atoms with Gasteiger partial charge in [0.1, 0.15) is 0 Å². The van der Waals surface area contributed by atoms with Crippen LogP contribution in [0.2, 0.25) is 5.02 Å². The average molecular weight is 271 g/mol. The Labute approximate surface area is 115 Å². The highest BCUT2D eigenvalue weighted by Gasteiger charge is 2.13. The van der Waals surface area contributed by atoms with Gasteiger partial charge >= 0.3 is 0 Å². The van der Waals surface area contributed by atoms with Crippen LogP contribution in [0.4, 0.5) is 5.69 Å². The van der Waals surface area contributed by atoms with Crippen molar-refractivity contribution in [3.8, 4) is 0 Å². The Kier molecular flexibility index (Phi) is 7.09. The Morgan fingerprint density at radius 3 is 2.67 bits per heavy atom. The maximum absolute atomic E-state index is 9.18. The number of rotatable bonds is 8. The Bertz CT molecular complexity index is 352. The SMILES string of the molecule is CCCN(CCO)c1c(Cl)cccc1CNCC. The summed E-state index contributed by atoms with van der Waals surface area (Å²) in [6, 6.07) is 5.97. The van der Waals surface area contributed by atoms with Crippen LogP contribution >= 0.6 is 11.6 Å². The van der Waals surface area contributed by atoms with Crippen LogP contribution in [0.1, 0.15) is 25.8 Å². The molecule has 1 rings (SSSR count). The van der Waals surface area contributed by atoms with Crippen molar-refractivity contribution in [2.75, 3.05) is 31.1 Å². The maximum Gasteiger partial charge on any atom is 0.0642 e. The van der Waals surface area contributed by atoms with Crippen molar-refractivity contribution in [2.24, 2.45) is 0 Å². The maximum atomic E-state index is 9.18. The summed E-state index contributed by atoms with van der Waals surface area (Å²) in [4.78, 5) is 2.16. The average Bonchev–Trinajstić information content (AvgIpc) is 2.36. The number of benzene rings is 1. The lowest BCUT2D eigenvalue weighted by atomic mass is 10.1. The highest BCUT2D eigenvalue weighted by atomic mass is 35.5. The van der Waals surface area contributed by atoms with Crippen LogP contribution in [0.3, 0.4) is 0 Å². The third kappa shape index (κ3) is 4.16. The topological polar surface area (TPSA) is 35.5 Å². The van der Waals surface area contributed by atoms with Crippen LogP contribution in [0.5, 0.6) is 0 Å². The Morgan fingerprint density at radius 1 is 1.28 bits per heavy atom. The molecular formula is C14H23ClN2O. The van der Waals surface area contributed by atoms with E-state index < -0.39 is 0 Å². The van der Waals surface area contributed by atoms with Crippen LogP contribution < -0.4 is 10.2 Å². The fraction of sp³-hybridized carbons (Fsp3) is 0.571. The largest absolute Gasteiger partial charge is 0.395 e. The molecule has 4 heteroatoms. The molecule has 2 N–H and O–H groups in total. The van der Waals surface area contributed by atoms with Crippen LogP contribution in [0, 0.1) is 0 Å². The number of anilines is 1. The van der Waals surface area contributed by atoms with Crippen molar-refractivity contribution in [2.45, 2.75) is 26.8 Å². The number of hydrogen-bond acceptors (Lipinski definition) is 3. The molecule has 0 atom stereocenters. The molecule has 0 aromatic heterocycles. The second kappa shape index (κ2) is 8.35. The van der Waals surface area contributed by atoms with Crippen LogP contribution in [-0.4, -0.2) is 31.3 Å². The zero-order valence-corrected chi connectivity index (χ0v) is 12.0. The number of halogens is 1. The number of aliphatic hydroxyl groups excluding tert-OH is 1. The van der Waals surface area contributed by atoms with Crippen molar-refractivity contribution >= 4 is 17.3 Å². The van der Waals surface area contributed by atoms with Gasteiger partial charge in [-0.15, -0.1) is 0 Å². The van der Waals surface area contributed by atoms with E-state index in [1.54, 1.807) is 0 Å². The van der Waals surface area contributed by atoms with Crippen molar-refractivity contribution in [3.05, 3.63) is 28.8 Å². The normalized spacial score (nSPS) is 10.7. The molecule has 1 aromatic carbocycles. The molecule has 3 nitrogen and oxygen atoms in total. The van der Waals surface area contributed by atoms with Crippen LogP contribution in [0.15, 0.2) is 18.2 Å². The number of hydrogen-bond donors (Lipinski definition) is 2. The van der Waals surface area contributed by atoms with E-state index in [0.717, 1.165) is 36.8 Å². The molecular weight excluding hydrogens is 248 g/mol. The van der Waals surface area contributed by atoms with E-state index in [0.29, 0.717) is 6.54 Å². The van der Waals surface area contributed by atoms with Gasteiger partial charge < -0.3 is 15.3 Å². The Morgan fingerprint density at radius 2 is 2.06 bits per heavy atom. The molecule has 0 bridgehead atoms. The summed E-state index contributed by atoms with van der Waals surface area (Å²) in [5, 5.41) is 13.3. The number of nitrogens with one attached hydrogen (secondary N) is 1. The molecule has 0 heterocycles. The summed E-state index contributed by atoms with van der Waals surface area (Å²) in [7, 11) is 0. The lowest BCUT2D eigenvalue weighted by Gasteiger charge is -2.27. The predicted octanol–water partition coefficient (Wildman–Crippen LogP) is 2.66. The lowest BCUT2D eigenvalue weighted by molar-refractivity contribution is 0.301. The summed E-state index contributed by atoms with van der Waals surface area (Å²) in [5.74, 6) is 0. The smallest absolute Gasteiger partial charge is 0.0642 e. The molecule has 0 aliphatic rings. The fourth-order valence-electron chi connectivity index (χ4n) is 2.04. The molecule has 0 saturated carbocycles. The monoisotopic (exact) mass is 270 g/mol. The predicted molar refractivity (Wildman–Crippen MR) is 78.4 cm³/mol. The minimum atomic E-state index is 0.145. The molecule has 0 saturated heterocycles. The van der Waals surface area contributed by atoms with Crippen molar-refractivity contribution in [3.63, 3.8) is 0 Å². The van der Waals surface area contributed by atoms with Gasteiger partial charge in [-0.05, 0) is 24.6 Å². The first-order valence-corrected chi connectivity index (χ1v) is 6.96. The van der Waals surface area contributed by atoms with Gasteiger partial charge in [-0.25, -0.2) is 0 Å². The molecule has 102 valence electrons. The summed E-state index contributed by atoms with van der Waals surface area (Å²) in [5.41, 5.74) is 2.24. The number of aliphatic hydroxyl groups is 1. The van der Waals surface area contributed by atoms with Gasteiger partial charge in [0.25, 0.3) is 0 Å². The van der Waals surface area contributed by atoms with Gasteiger partial charge in [-0.2, -0.15) is 0 Å². The van der Waals surface area contributed by atoms with Crippen molar-refractivity contribution in [1.82, 2.24) is 5.32 Å². The zero-order valence-electron chi connectivity index (χ0n) is 11.2. The number of para-hydroxylation sites is 1. The van der Waals surface area contributed by atoms with E-state index in [2.05, 4.69) is 30.1 Å². The number of nitrogens with zero attached hydrogens (tertiary/aromatic N) is 1. The van der Waals surface area contributed by atoms with E-state index in [-0.39, 0.29) is 6.61 Å². The molecule has 18 heavy (non-hydrogen) atoms. The fourth-order valence-corrected chi connectivity index (χ4v) is 2.36. The van der Waals surface area contributed by atoms with E-state index in [4.69, 9.17) is 11.6 Å². The molecule has 1 aromatic rings. The molecule has 0 fully saturated rings. The molecule has 0 aliphatic heterocycles. The van der Waals surface area contributed by atoms with Gasteiger partial charge in [0.2, 0.25) is 0 Å². The highest BCUT2D eigenvalue weighted by Crippen LogP contribution is 2.30. The molecule has 0 radical (unpaired) electrons. The molecule has 0 aliphatic carbocycles. The minimum Gasteiger partial charge on any atom is -0.395 e. The summed E-state index contributed by atoms with van der Waals surface area (Å²) < 4.78 is 0.